The molecular weight excluding hydrogens is 189 g/mol. The van der Waals surface area contributed by atoms with Crippen LogP contribution in [0.3, 0.4) is 0 Å². The van der Waals surface area contributed by atoms with E-state index in [0.29, 0.717) is 0 Å². The van der Waals surface area contributed by atoms with Gasteiger partial charge in [-0.2, -0.15) is 0 Å². The molecule has 0 aliphatic carbocycles. The van der Waals surface area contributed by atoms with Crippen molar-refractivity contribution in [3.05, 3.63) is 0 Å². The average Bonchev–Trinajstić information content (AvgIpc) is 1.81. The zero-order valence-electron chi connectivity index (χ0n) is 2.54. The molecule has 8 heteroatoms. The van der Waals surface area contributed by atoms with Crippen LogP contribution in [0.5, 0.6) is 0 Å². The van der Waals surface area contributed by atoms with Crippen molar-refractivity contribution in [3.8, 4) is 0 Å². The second-order valence-electron chi connectivity index (χ2n) is 0. The highest BCUT2D eigenvalue weighted by Gasteiger charge is 0.899. The fraction of sp³-hybridized carbons (Fsp3) is 0. The van der Waals surface area contributed by atoms with E-state index in [1.54, 1.807) is 0 Å². The van der Waals surface area contributed by atoms with Gasteiger partial charge in [0.05, 0.1) is 23.7 Å². The van der Waals surface area contributed by atoms with Crippen molar-refractivity contribution in [2.45, 2.75) is 0 Å². The van der Waals surface area contributed by atoms with Gasteiger partial charge in [-0.3, -0.25) is 19.8 Å². The number of rotatable bonds is 0. The van der Waals surface area contributed by atoms with Crippen LogP contribution in [0.25, 0.3) is 0 Å². The highest BCUT2D eigenvalue weighted by Crippen LogP contribution is 1.32. The van der Waals surface area contributed by atoms with Crippen LogP contribution in [0, 0.1) is 0 Å². The number of hydrogen-bond acceptors (Lipinski definition) is 4. The van der Waals surface area contributed by atoms with Crippen molar-refractivity contribution in [2.24, 2.45) is 0 Å². The van der Waals surface area contributed by atoms with Crippen LogP contribution in [0.4, 0.5) is 0 Å². The Hall–Kier alpha value is 1.48. The van der Waals surface area contributed by atoms with Crippen LogP contribution in [-0.4, -0.2) is 54.6 Å². The van der Waals surface area contributed by atoms with E-state index >= 15 is 0 Å². The van der Waals surface area contributed by atoms with Crippen molar-refractivity contribution in [1.82, 2.24) is 0 Å². The highest BCUT2D eigenvalue weighted by atomic mass is 35.5. The minimum Gasteiger partial charge on any atom is -0.295 e. The molecule has 0 unspecified atom stereocenters. The van der Waals surface area contributed by atoms with Crippen LogP contribution in [0.2, 0.25) is 0 Å². The fourth-order valence-electron chi connectivity index (χ4n) is 0. The maximum Gasteiger partial charge on any atom is 0.187 e. The van der Waals surface area contributed by atoms with Gasteiger partial charge in [0.1, 0.15) is 0 Å². The molecule has 4 N–H and O–H groups in total. The van der Waals surface area contributed by atoms with Crippen LogP contribution in [0.15, 0.2) is 0 Å². The van der Waals surface area contributed by atoms with E-state index < -0.39 is 0 Å². The van der Waals surface area contributed by atoms with Crippen LogP contribution in [0.1, 0.15) is 0 Å². The molecule has 0 aromatic heterocycles. The van der Waals surface area contributed by atoms with E-state index in [1.165, 1.54) is 0 Å². The van der Waals surface area contributed by atoms with Crippen LogP contribution in [-0.2, 0) is 0 Å². The SMILES string of the molecule is OCl.OCl.OO.[AlH3].[AlH3]. The molecule has 8 heavy (non-hydrogen) atoms. The Morgan fingerprint density at radius 3 is 0.625 bits per heavy atom. The monoisotopic (exact) mass is 198 g/mol. The molecule has 0 radical (unpaired) electrons. The summed E-state index contributed by atoms with van der Waals surface area (Å²) in [5, 5.41) is 12.0. The van der Waals surface area contributed by atoms with E-state index in [4.69, 9.17) is 19.8 Å². The first-order valence-electron chi connectivity index (χ1n) is 0.538. The van der Waals surface area contributed by atoms with Crippen molar-refractivity contribution in [1.29, 1.82) is 0 Å². The molecule has 0 spiro atoms. The Labute approximate surface area is 78.2 Å². The summed E-state index contributed by atoms with van der Waals surface area (Å²) in [5.41, 5.74) is 0. The Morgan fingerprint density at radius 2 is 0.625 bits per heavy atom. The summed E-state index contributed by atoms with van der Waals surface area (Å²) >= 11 is 7.28. The summed E-state index contributed by atoms with van der Waals surface area (Å²) in [7, 11) is 0. The number of halogens is 2. The summed E-state index contributed by atoms with van der Waals surface area (Å²) in [6, 6.07) is 0. The smallest absolute Gasteiger partial charge is 0.187 e. The maximum absolute atomic E-state index is 6.47. The van der Waals surface area contributed by atoms with Crippen LogP contribution < -0.4 is 0 Å². The van der Waals surface area contributed by atoms with E-state index in [-0.39, 0.29) is 34.7 Å². The second kappa shape index (κ2) is 216. The molecular formula is H10Al2Cl2O4. The quantitative estimate of drug-likeness (QED) is 0.205. The van der Waals surface area contributed by atoms with Gasteiger partial charge in [0.2, 0.25) is 0 Å². The molecule has 4 nitrogen and oxygen atoms in total. The third-order valence-corrected chi connectivity index (χ3v) is 0. The summed E-state index contributed by atoms with van der Waals surface area (Å²) in [6.07, 6.45) is 0. The first-order valence-corrected chi connectivity index (χ1v) is 1.21. The molecule has 0 fully saturated rings. The fourth-order valence-corrected chi connectivity index (χ4v) is 0. The molecule has 0 atom stereocenters. The molecule has 0 saturated carbocycles. The van der Waals surface area contributed by atoms with Crippen molar-refractivity contribution >= 4 is 58.5 Å². The molecule has 54 valence electrons. The molecule has 0 aromatic rings. The highest BCUT2D eigenvalue weighted by molar-refractivity contribution is 6.05. The lowest BCUT2D eigenvalue weighted by Gasteiger charge is -1.25. The topological polar surface area (TPSA) is 80.9 Å². The molecule has 0 heterocycles. The molecule has 0 aromatic carbocycles. The van der Waals surface area contributed by atoms with Gasteiger partial charge in [-0.15, -0.1) is 0 Å². The van der Waals surface area contributed by atoms with Crippen molar-refractivity contribution in [2.75, 3.05) is 0 Å². The Balaban J connectivity index is -0.00000000500. The summed E-state index contributed by atoms with van der Waals surface area (Å²) in [4.78, 5) is 0. The van der Waals surface area contributed by atoms with Gasteiger partial charge in [-0.25, -0.2) is 0 Å². The summed E-state index contributed by atoms with van der Waals surface area (Å²) < 4.78 is 12.9. The Kier molecular flexibility index (Phi) is 915. The molecule has 0 aliphatic rings. The van der Waals surface area contributed by atoms with E-state index in [0.717, 1.165) is 0 Å². The molecule has 0 rings (SSSR count). The standard InChI is InChI=1S/2Al.2ClHO.H2O2.6H/c;;3*1-2;;;;;;/h;;2*2H;1-2H;;;;;;. The van der Waals surface area contributed by atoms with Gasteiger partial charge in [0.25, 0.3) is 0 Å². The first kappa shape index (κ1) is 33.9. The third-order valence-electron chi connectivity index (χ3n) is 0. The molecule has 0 aliphatic heterocycles. The van der Waals surface area contributed by atoms with E-state index in [9.17, 15) is 0 Å². The van der Waals surface area contributed by atoms with Gasteiger partial charge in [0.15, 0.2) is 34.7 Å². The zero-order chi connectivity index (χ0) is 6.00. The lowest BCUT2D eigenvalue weighted by Crippen LogP contribution is -1.29. The Bertz CT molecular complexity index is 12.0. The normalized spacial score (nSPS) is 2.25. The van der Waals surface area contributed by atoms with Gasteiger partial charge in [-0.1, -0.05) is 0 Å². The molecule has 0 saturated heterocycles. The first-order chi connectivity index (χ1) is 3.00. The largest absolute Gasteiger partial charge is 0.295 e. The van der Waals surface area contributed by atoms with Crippen molar-refractivity contribution < 1.29 is 19.8 Å². The van der Waals surface area contributed by atoms with Gasteiger partial charge >= 0.3 is 0 Å². The summed E-state index contributed by atoms with van der Waals surface area (Å²) in [6.45, 7) is 0. The van der Waals surface area contributed by atoms with Gasteiger partial charge < -0.3 is 0 Å². The minimum atomic E-state index is 0. The lowest BCUT2D eigenvalue weighted by atomic mass is 15.0. The summed E-state index contributed by atoms with van der Waals surface area (Å²) in [5.74, 6) is 0. The number of hydrogen-bond donors (Lipinski definition) is 4. The lowest BCUT2D eigenvalue weighted by molar-refractivity contribution is -0.176. The van der Waals surface area contributed by atoms with Gasteiger partial charge in [0, 0.05) is 0 Å². The van der Waals surface area contributed by atoms with Crippen LogP contribution >= 0.6 is 23.7 Å². The van der Waals surface area contributed by atoms with Gasteiger partial charge in [-0.05, 0) is 0 Å². The Morgan fingerprint density at radius 1 is 0.625 bits per heavy atom. The minimum absolute atomic E-state index is 0. The maximum atomic E-state index is 6.47. The van der Waals surface area contributed by atoms with Crippen molar-refractivity contribution in [3.63, 3.8) is 0 Å². The average molecular weight is 199 g/mol. The molecule has 0 bridgehead atoms. The zero-order valence-corrected chi connectivity index (χ0v) is 4.06. The second-order valence-corrected chi connectivity index (χ2v) is 0. The van der Waals surface area contributed by atoms with E-state index in [2.05, 4.69) is 23.7 Å². The molecule has 0 amide bonds. The van der Waals surface area contributed by atoms with E-state index in [1.807, 2.05) is 0 Å². The third kappa shape index (κ3) is 143. The predicted octanol–water partition coefficient (Wildman–Crippen LogP) is -2.09. The predicted molar refractivity (Wildman–Crippen MR) is 41.3 cm³/mol.